The molecule has 0 atom stereocenters. The Morgan fingerprint density at radius 1 is 1.20 bits per heavy atom. The SMILES string of the molecule is COc1ccc(Cl)c(OC)c1-c1ccc(C(=O)O)nc1. The summed E-state index contributed by atoms with van der Waals surface area (Å²) in [6.07, 6.45) is 1.44. The second kappa shape index (κ2) is 5.79. The van der Waals surface area contributed by atoms with E-state index in [1.807, 2.05) is 0 Å². The van der Waals surface area contributed by atoms with Crippen molar-refractivity contribution in [2.24, 2.45) is 0 Å². The molecule has 2 aromatic rings. The van der Waals surface area contributed by atoms with E-state index in [0.29, 0.717) is 27.6 Å². The standard InChI is InChI=1S/C14H12ClNO4/c1-19-11-6-4-9(15)13(20-2)12(11)8-3-5-10(14(17)18)16-7-8/h3-7H,1-2H3,(H,17,18). The van der Waals surface area contributed by atoms with Crippen molar-refractivity contribution in [2.75, 3.05) is 14.2 Å². The van der Waals surface area contributed by atoms with Gasteiger partial charge < -0.3 is 14.6 Å². The molecule has 1 heterocycles. The monoisotopic (exact) mass is 293 g/mol. The smallest absolute Gasteiger partial charge is 0.354 e. The van der Waals surface area contributed by atoms with Gasteiger partial charge >= 0.3 is 5.97 Å². The van der Waals surface area contributed by atoms with Crippen molar-refractivity contribution >= 4 is 17.6 Å². The molecule has 0 spiro atoms. The van der Waals surface area contributed by atoms with Crippen molar-refractivity contribution < 1.29 is 19.4 Å². The highest BCUT2D eigenvalue weighted by molar-refractivity contribution is 6.32. The normalized spacial score (nSPS) is 10.2. The molecule has 1 aromatic heterocycles. The lowest BCUT2D eigenvalue weighted by Gasteiger charge is -2.14. The fourth-order valence-electron chi connectivity index (χ4n) is 1.85. The molecule has 1 aromatic carbocycles. The van der Waals surface area contributed by atoms with Crippen LogP contribution in [0.5, 0.6) is 11.5 Å². The number of rotatable bonds is 4. The van der Waals surface area contributed by atoms with Crippen molar-refractivity contribution in [1.29, 1.82) is 0 Å². The quantitative estimate of drug-likeness (QED) is 0.938. The van der Waals surface area contributed by atoms with Gasteiger partial charge in [-0.15, -0.1) is 0 Å². The minimum Gasteiger partial charge on any atom is -0.496 e. The predicted octanol–water partition coefficient (Wildman–Crippen LogP) is 3.12. The number of hydrogen-bond acceptors (Lipinski definition) is 4. The first-order valence-corrected chi connectivity index (χ1v) is 6.06. The van der Waals surface area contributed by atoms with Crippen molar-refractivity contribution in [1.82, 2.24) is 4.98 Å². The number of carboxylic acid groups (broad SMARTS) is 1. The van der Waals surface area contributed by atoms with Crippen LogP contribution in [0.1, 0.15) is 10.5 Å². The number of carboxylic acids is 1. The molecule has 0 aliphatic carbocycles. The lowest BCUT2D eigenvalue weighted by molar-refractivity contribution is 0.0690. The summed E-state index contributed by atoms with van der Waals surface area (Å²) in [4.78, 5) is 14.7. The Bertz CT molecular complexity index is 640. The highest BCUT2D eigenvalue weighted by Gasteiger charge is 2.17. The van der Waals surface area contributed by atoms with E-state index in [1.165, 1.54) is 26.5 Å². The summed E-state index contributed by atoms with van der Waals surface area (Å²) in [5, 5.41) is 9.29. The summed E-state index contributed by atoms with van der Waals surface area (Å²) in [7, 11) is 3.04. The Hall–Kier alpha value is -2.27. The van der Waals surface area contributed by atoms with Gasteiger partial charge in [0.1, 0.15) is 17.2 Å². The van der Waals surface area contributed by atoms with Gasteiger partial charge in [-0.3, -0.25) is 0 Å². The van der Waals surface area contributed by atoms with Crippen LogP contribution in [0.3, 0.4) is 0 Å². The third-order valence-corrected chi connectivity index (χ3v) is 3.06. The fraction of sp³-hybridized carbons (Fsp3) is 0.143. The number of aromatic carboxylic acids is 1. The van der Waals surface area contributed by atoms with E-state index in [1.54, 1.807) is 18.2 Å². The lowest BCUT2D eigenvalue weighted by Crippen LogP contribution is -2.00. The van der Waals surface area contributed by atoms with Crippen LogP contribution in [0.2, 0.25) is 5.02 Å². The van der Waals surface area contributed by atoms with Crippen LogP contribution >= 0.6 is 11.6 Å². The third-order valence-electron chi connectivity index (χ3n) is 2.77. The summed E-state index contributed by atoms with van der Waals surface area (Å²) in [6.45, 7) is 0. The first-order valence-electron chi connectivity index (χ1n) is 5.68. The second-order valence-corrected chi connectivity index (χ2v) is 4.30. The first kappa shape index (κ1) is 14.1. The van der Waals surface area contributed by atoms with E-state index in [2.05, 4.69) is 4.98 Å². The van der Waals surface area contributed by atoms with Crippen LogP contribution < -0.4 is 9.47 Å². The van der Waals surface area contributed by atoms with Crippen molar-refractivity contribution in [2.45, 2.75) is 0 Å². The number of hydrogen-bond donors (Lipinski definition) is 1. The van der Waals surface area contributed by atoms with Crippen LogP contribution in [0.25, 0.3) is 11.1 Å². The van der Waals surface area contributed by atoms with Crippen LogP contribution in [-0.4, -0.2) is 30.3 Å². The Labute approximate surface area is 120 Å². The highest BCUT2D eigenvalue weighted by Crippen LogP contribution is 2.42. The van der Waals surface area contributed by atoms with Gasteiger partial charge in [-0.1, -0.05) is 17.7 Å². The maximum atomic E-state index is 10.8. The molecule has 0 amide bonds. The molecule has 0 unspecified atom stereocenters. The largest absolute Gasteiger partial charge is 0.496 e. The zero-order valence-corrected chi connectivity index (χ0v) is 11.6. The molecule has 0 bridgehead atoms. The molecule has 0 saturated heterocycles. The lowest BCUT2D eigenvalue weighted by atomic mass is 10.0. The summed E-state index contributed by atoms with van der Waals surface area (Å²) in [5.74, 6) is -0.0615. The number of halogens is 1. The molecule has 0 radical (unpaired) electrons. The fourth-order valence-corrected chi connectivity index (χ4v) is 2.09. The third kappa shape index (κ3) is 2.53. The number of benzene rings is 1. The zero-order chi connectivity index (χ0) is 14.7. The molecule has 0 aliphatic rings. The minimum atomic E-state index is -1.08. The molecule has 5 nitrogen and oxygen atoms in total. The van der Waals surface area contributed by atoms with E-state index in [9.17, 15) is 4.79 Å². The average Bonchev–Trinajstić information content (AvgIpc) is 2.47. The topological polar surface area (TPSA) is 68.7 Å². The molecule has 6 heteroatoms. The van der Waals surface area contributed by atoms with Crippen LogP contribution in [0.4, 0.5) is 0 Å². The van der Waals surface area contributed by atoms with Gasteiger partial charge in [-0.05, 0) is 18.2 Å². The van der Waals surface area contributed by atoms with Gasteiger partial charge in [-0.2, -0.15) is 0 Å². The van der Waals surface area contributed by atoms with Gasteiger partial charge in [0.15, 0.2) is 0 Å². The Balaban J connectivity index is 2.61. The van der Waals surface area contributed by atoms with E-state index < -0.39 is 5.97 Å². The van der Waals surface area contributed by atoms with Gasteiger partial charge in [0, 0.05) is 11.8 Å². The molecule has 0 aliphatic heterocycles. The van der Waals surface area contributed by atoms with Gasteiger partial charge in [0.2, 0.25) is 0 Å². The average molecular weight is 294 g/mol. The zero-order valence-electron chi connectivity index (χ0n) is 10.9. The molecule has 104 valence electrons. The van der Waals surface area contributed by atoms with Gasteiger partial charge in [0.25, 0.3) is 0 Å². The number of pyridine rings is 1. The summed E-state index contributed by atoms with van der Waals surface area (Å²) in [5.41, 5.74) is 1.26. The Morgan fingerprint density at radius 2 is 1.95 bits per heavy atom. The second-order valence-electron chi connectivity index (χ2n) is 3.90. The number of methoxy groups -OCH3 is 2. The molecular weight excluding hydrogens is 282 g/mol. The Morgan fingerprint density at radius 3 is 2.45 bits per heavy atom. The summed E-state index contributed by atoms with van der Waals surface area (Å²) >= 11 is 6.10. The predicted molar refractivity (Wildman–Crippen MR) is 74.7 cm³/mol. The number of nitrogens with zero attached hydrogens (tertiary/aromatic N) is 1. The summed E-state index contributed by atoms with van der Waals surface area (Å²) < 4.78 is 10.6. The van der Waals surface area contributed by atoms with Crippen LogP contribution in [0, 0.1) is 0 Å². The molecule has 0 fully saturated rings. The highest BCUT2D eigenvalue weighted by atomic mass is 35.5. The van der Waals surface area contributed by atoms with Crippen molar-refractivity contribution in [3.8, 4) is 22.6 Å². The number of aromatic nitrogens is 1. The molecule has 2 rings (SSSR count). The number of carbonyl (C=O) groups is 1. The van der Waals surface area contributed by atoms with Crippen LogP contribution in [0.15, 0.2) is 30.5 Å². The molecule has 0 saturated carbocycles. The maximum absolute atomic E-state index is 10.8. The molecule has 1 N–H and O–H groups in total. The molecule has 20 heavy (non-hydrogen) atoms. The first-order chi connectivity index (χ1) is 9.58. The molecular formula is C14H12ClNO4. The Kier molecular flexibility index (Phi) is 4.10. The van der Waals surface area contributed by atoms with E-state index in [-0.39, 0.29) is 5.69 Å². The van der Waals surface area contributed by atoms with Crippen molar-refractivity contribution in [3.63, 3.8) is 0 Å². The summed E-state index contributed by atoms with van der Waals surface area (Å²) in [6, 6.07) is 6.43. The van der Waals surface area contributed by atoms with Gasteiger partial charge in [-0.25, -0.2) is 9.78 Å². The van der Waals surface area contributed by atoms with Crippen LogP contribution in [-0.2, 0) is 0 Å². The van der Waals surface area contributed by atoms with Gasteiger partial charge in [0.05, 0.1) is 24.8 Å². The minimum absolute atomic E-state index is 0.0336. The van der Waals surface area contributed by atoms with E-state index >= 15 is 0 Å². The van der Waals surface area contributed by atoms with E-state index in [0.717, 1.165) is 0 Å². The number of ether oxygens (including phenoxy) is 2. The van der Waals surface area contributed by atoms with E-state index in [4.69, 9.17) is 26.2 Å². The van der Waals surface area contributed by atoms with Crippen molar-refractivity contribution in [3.05, 3.63) is 41.2 Å². The maximum Gasteiger partial charge on any atom is 0.354 e.